The molecular weight excluding hydrogens is 232 g/mol. The smallest absolute Gasteiger partial charge is 0.131 e. The molecule has 1 heteroatoms. The lowest BCUT2D eigenvalue weighted by Gasteiger charge is -2.12. The summed E-state index contributed by atoms with van der Waals surface area (Å²) in [5.41, 5.74) is 1.27. The number of aryl methyl sites for hydroxylation is 1. The first-order valence-corrected chi connectivity index (χ1v) is 6.62. The SMILES string of the molecule is CCc1c(Oc2ccccc2)ccc2ccccc12. The van der Waals surface area contributed by atoms with Crippen LogP contribution >= 0.6 is 0 Å². The van der Waals surface area contributed by atoms with Gasteiger partial charge in [-0.3, -0.25) is 0 Å². The fourth-order valence-electron chi connectivity index (χ4n) is 2.39. The van der Waals surface area contributed by atoms with Gasteiger partial charge in [0.25, 0.3) is 0 Å². The summed E-state index contributed by atoms with van der Waals surface area (Å²) >= 11 is 0. The third kappa shape index (κ3) is 2.32. The summed E-state index contributed by atoms with van der Waals surface area (Å²) in [5.74, 6) is 1.83. The molecule has 0 aromatic heterocycles. The van der Waals surface area contributed by atoms with E-state index in [1.165, 1.54) is 16.3 Å². The molecule has 0 fully saturated rings. The highest BCUT2D eigenvalue weighted by atomic mass is 16.5. The standard InChI is InChI=1S/C18H16O/c1-2-16-17-11-7-6-8-14(17)12-13-18(16)19-15-9-4-3-5-10-15/h3-13H,2H2,1H3. The van der Waals surface area contributed by atoms with E-state index in [9.17, 15) is 0 Å². The molecule has 0 spiro atoms. The number of ether oxygens (including phenoxy) is 1. The van der Waals surface area contributed by atoms with Crippen molar-refractivity contribution in [2.24, 2.45) is 0 Å². The lowest BCUT2D eigenvalue weighted by atomic mass is 10.0. The first-order chi connectivity index (χ1) is 9.38. The van der Waals surface area contributed by atoms with E-state index in [1.54, 1.807) is 0 Å². The van der Waals surface area contributed by atoms with Crippen LogP contribution in [-0.2, 0) is 6.42 Å². The largest absolute Gasteiger partial charge is 0.457 e. The predicted octanol–water partition coefficient (Wildman–Crippen LogP) is 5.19. The van der Waals surface area contributed by atoms with Crippen LogP contribution in [0.25, 0.3) is 10.8 Å². The molecule has 0 radical (unpaired) electrons. The molecule has 0 heterocycles. The van der Waals surface area contributed by atoms with Gasteiger partial charge in [0.05, 0.1) is 0 Å². The zero-order chi connectivity index (χ0) is 13.1. The van der Waals surface area contributed by atoms with Gasteiger partial charge in [-0.15, -0.1) is 0 Å². The van der Waals surface area contributed by atoms with Crippen molar-refractivity contribution in [3.8, 4) is 11.5 Å². The Hall–Kier alpha value is -2.28. The van der Waals surface area contributed by atoms with Gasteiger partial charge in [-0.05, 0) is 35.4 Å². The first-order valence-electron chi connectivity index (χ1n) is 6.62. The molecule has 3 aromatic rings. The summed E-state index contributed by atoms with van der Waals surface area (Å²) in [6.45, 7) is 2.17. The predicted molar refractivity (Wildman–Crippen MR) is 79.8 cm³/mol. The Labute approximate surface area is 113 Å². The number of hydrogen-bond acceptors (Lipinski definition) is 1. The van der Waals surface area contributed by atoms with E-state index < -0.39 is 0 Å². The molecule has 0 aliphatic heterocycles. The van der Waals surface area contributed by atoms with Crippen LogP contribution in [0.3, 0.4) is 0 Å². The van der Waals surface area contributed by atoms with Crippen molar-refractivity contribution in [2.75, 3.05) is 0 Å². The summed E-state index contributed by atoms with van der Waals surface area (Å²) < 4.78 is 6.01. The Morgan fingerprint density at radius 2 is 1.53 bits per heavy atom. The van der Waals surface area contributed by atoms with Gasteiger partial charge in [-0.2, -0.15) is 0 Å². The van der Waals surface area contributed by atoms with E-state index >= 15 is 0 Å². The minimum Gasteiger partial charge on any atom is -0.457 e. The lowest BCUT2D eigenvalue weighted by molar-refractivity contribution is 0.478. The topological polar surface area (TPSA) is 9.23 Å². The zero-order valence-electron chi connectivity index (χ0n) is 11.0. The lowest BCUT2D eigenvalue weighted by Crippen LogP contribution is -1.92. The van der Waals surface area contributed by atoms with Gasteiger partial charge in [-0.1, -0.05) is 55.5 Å². The molecule has 0 aliphatic carbocycles. The number of rotatable bonds is 3. The van der Waals surface area contributed by atoms with E-state index in [0.29, 0.717) is 0 Å². The molecule has 1 nitrogen and oxygen atoms in total. The molecule has 0 atom stereocenters. The second kappa shape index (κ2) is 5.15. The van der Waals surface area contributed by atoms with E-state index in [1.807, 2.05) is 30.3 Å². The number of benzene rings is 3. The molecule has 0 N–H and O–H groups in total. The van der Waals surface area contributed by atoms with Crippen molar-refractivity contribution in [2.45, 2.75) is 13.3 Å². The Balaban J connectivity index is 2.08. The summed E-state index contributed by atoms with van der Waals surface area (Å²) in [4.78, 5) is 0. The highest BCUT2D eigenvalue weighted by molar-refractivity contribution is 5.87. The van der Waals surface area contributed by atoms with Gasteiger partial charge >= 0.3 is 0 Å². The summed E-state index contributed by atoms with van der Waals surface area (Å²) in [6.07, 6.45) is 0.962. The summed E-state index contributed by atoms with van der Waals surface area (Å²) in [6, 6.07) is 22.6. The van der Waals surface area contributed by atoms with E-state index in [0.717, 1.165) is 17.9 Å². The molecule has 0 bridgehead atoms. The third-order valence-electron chi connectivity index (χ3n) is 3.32. The molecule has 0 unspecified atom stereocenters. The molecule has 0 amide bonds. The highest BCUT2D eigenvalue weighted by Gasteiger charge is 2.07. The van der Waals surface area contributed by atoms with E-state index in [-0.39, 0.29) is 0 Å². The average Bonchev–Trinajstić information content (AvgIpc) is 2.48. The van der Waals surface area contributed by atoms with Gasteiger partial charge in [0.2, 0.25) is 0 Å². The Morgan fingerprint density at radius 1 is 0.789 bits per heavy atom. The zero-order valence-corrected chi connectivity index (χ0v) is 11.0. The summed E-state index contributed by atoms with van der Waals surface area (Å²) in [5, 5.41) is 2.54. The van der Waals surface area contributed by atoms with Crippen molar-refractivity contribution < 1.29 is 4.74 Å². The van der Waals surface area contributed by atoms with Crippen LogP contribution in [0.5, 0.6) is 11.5 Å². The van der Waals surface area contributed by atoms with Crippen molar-refractivity contribution >= 4 is 10.8 Å². The monoisotopic (exact) mass is 248 g/mol. The molecule has 0 saturated heterocycles. The van der Waals surface area contributed by atoms with Gasteiger partial charge in [0, 0.05) is 5.56 Å². The summed E-state index contributed by atoms with van der Waals surface area (Å²) in [7, 11) is 0. The van der Waals surface area contributed by atoms with Crippen LogP contribution in [-0.4, -0.2) is 0 Å². The van der Waals surface area contributed by atoms with Crippen molar-refractivity contribution in [3.05, 3.63) is 72.3 Å². The van der Waals surface area contributed by atoms with Crippen LogP contribution < -0.4 is 4.74 Å². The van der Waals surface area contributed by atoms with Gasteiger partial charge in [0.15, 0.2) is 0 Å². The number of fused-ring (bicyclic) bond motifs is 1. The maximum Gasteiger partial charge on any atom is 0.131 e. The molecule has 3 rings (SSSR count). The number of hydrogen-bond donors (Lipinski definition) is 0. The van der Waals surface area contributed by atoms with Crippen molar-refractivity contribution in [3.63, 3.8) is 0 Å². The van der Waals surface area contributed by atoms with Crippen molar-refractivity contribution in [1.29, 1.82) is 0 Å². The molecular formula is C18H16O. The fourth-order valence-corrected chi connectivity index (χ4v) is 2.39. The molecule has 3 aromatic carbocycles. The van der Waals surface area contributed by atoms with Crippen LogP contribution in [0.2, 0.25) is 0 Å². The van der Waals surface area contributed by atoms with Crippen LogP contribution in [0.1, 0.15) is 12.5 Å². The van der Waals surface area contributed by atoms with Gasteiger partial charge < -0.3 is 4.74 Å². The normalized spacial score (nSPS) is 10.6. The Bertz CT molecular complexity index is 686. The molecule has 94 valence electrons. The quantitative estimate of drug-likeness (QED) is 0.619. The Morgan fingerprint density at radius 3 is 2.32 bits per heavy atom. The molecule has 0 saturated carbocycles. The van der Waals surface area contributed by atoms with Crippen LogP contribution in [0, 0.1) is 0 Å². The third-order valence-corrected chi connectivity index (χ3v) is 3.32. The van der Waals surface area contributed by atoms with Crippen LogP contribution in [0.4, 0.5) is 0 Å². The molecule has 0 aliphatic rings. The average molecular weight is 248 g/mol. The van der Waals surface area contributed by atoms with E-state index in [2.05, 4.69) is 43.3 Å². The second-order valence-electron chi connectivity index (χ2n) is 4.53. The first kappa shape index (κ1) is 11.8. The van der Waals surface area contributed by atoms with E-state index in [4.69, 9.17) is 4.74 Å². The minimum atomic E-state index is 0.882. The van der Waals surface area contributed by atoms with Crippen molar-refractivity contribution in [1.82, 2.24) is 0 Å². The fraction of sp³-hybridized carbons (Fsp3) is 0.111. The maximum absolute atomic E-state index is 6.01. The minimum absolute atomic E-state index is 0.882. The number of para-hydroxylation sites is 1. The Kier molecular flexibility index (Phi) is 3.20. The molecule has 19 heavy (non-hydrogen) atoms. The maximum atomic E-state index is 6.01. The second-order valence-corrected chi connectivity index (χ2v) is 4.53. The van der Waals surface area contributed by atoms with Crippen LogP contribution in [0.15, 0.2) is 66.7 Å². The highest BCUT2D eigenvalue weighted by Crippen LogP contribution is 2.31. The van der Waals surface area contributed by atoms with Gasteiger partial charge in [-0.25, -0.2) is 0 Å². The van der Waals surface area contributed by atoms with Gasteiger partial charge in [0.1, 0.15) is 11.5 Å².